The molecule has 1 aliphatic rings. The maximum absolute atomic E-state index is 13.0. The molecule has 3 rings (SSSR count). The van der Waals surface area contributed by atoms with Crippen LogP contribution in [0.4, 0.5) is 11.4 Å². The van der Waals surface area contributed by atoms with E-state index >= 15 is 0 Å². The summed E-state index contributed by atoms with van der Waals surface area (Å²) < 4.78 is 0. The molecule has 1 unspecified atom stereocenters. The molecule has 0 spiro atoms. The van der Waals surface area contributed by atoms with Crippen LogP contribution in [0, 0.1) is 12.8 Å². The zero-order valence-electron chi connectivity index (χ0n) is 12.6. The molecule has 0 aromatic heterocycles. The first kappa shape index (κ1) is 13.7. The van der Waals surface area contributed by atoms with Crippen molar-refractivity contribution in [3.05, 3.63) is 59.7 Å². The smallest absolute Gasteiger partial charge is 0.262 e. The molecule has 0 bridgehead atoms. The van der Waals surface area contributed by atoms with Crippen molar-refractivity contribution in [3.8, 4) is 0 Å². The first-order valence-electron chi connectivity index (χ1n) is 7.34. The Morgan fingerprint density at radius 3 is 2.43 bits per heavy atom. The van der Waals surface area contributed by atoms with E-state index in [0.717, 1.165) is 22.5 Å². The molecule has 1 amide bonds. The topological polar surface area (TPSA) is 32.3 Å². The molecule has 0 saturated carbocycles. The number of hydrogen-bond acceptors (Lipinski definition) is 2. The summed E-state index contributed by atoms with van der Waals surface area (Å²) in [6.07, 6.45) is -0.0338. The average molecular weight is 280 g/mol. The summed E-state index contributed by atoms with van der Waals surface area (Å²) in [5.74, 6) is 0.374. The van der Waals surface area contributed by atoms with Crippen LogP contribution >= 0.6 is 0 Å². The van der Waals surface area contributed by atoms with Gasteiger partial charge in [-0.05, 0) is 36.6 Å². The zero-order valence-corrected chi connectivity index (χ0v) is 12.6. The second-order valence-electron chi connectivity index (χ2n) is 5.84. The summed E-state index contributed by atoms with van der Waals surface area (Å²) in [4.78, 5) is 14.9. The van der Waals surface area contributed by atoms with Crippen molar-refractivity contribution in [1.29, 1.82) is 0 Å². The Balaban J connectivity index is 2.13. The third-order valence-corrected chi connectivity index (χ3v) is 3.96. The summed E-state index contributed by atoms with van der Waals surface area (Å²) in [6, 6.07) is 15.7. The SMILES string of the molecule is Cc1ccccc1N1C(=O)c2ccccc2NC1C(C)C. The molecule has 3 nitrogen and oxygen atoms in total. The molecular formula is C18H20N2O. The Bertz CT molecular complexity index is 678. The van der Waals surface area contributed by atoms with E-state index < -0.39 is 0 Å². The third-order valence-electron chi connectivity index (χ3n) is 3.96. The number of fused-ring (bicyclic) bond motifs is 1. The van der Waals surface area contributed by atoms with E-state index in [2.05, 4.69) is 19.2 Å². The molecule has 1 N–H and O–H groups in total. The van der Waals surface area contributed by atoms with Crippen molar-refractivity contribution in [3.63, 3.8) is 0 Å². The average Bonchev–Trinajstić information content (AvgIpc) is 2.48. The molecule has 1 aliphatic heterocycles. The first-order valence-corrected chi connectivity index (χ1v) is 7.34. The van der Waals surface area contributed by atoms with Crippen molar-refractivity contribution < 1.29 is 4.79 Å². The predicted octanol–water partition coefficient (Wildman–Crippen LogP) is 4.05. The minimum Gasteiger partial charge on any atom is -0.364 e. The van der Waals surface area contributed by atoms with Crippen molar-refractivity contribution in [2.24, 2.45) is 5.92 Å². The van der Waals surface area contributed by atoms with Crippen molar-refractivity contribution in [1.82, 2.24) is 0 Å². The largest absolute Gasteiger partial charge is 0.364 e. The van der Waals surface area contributed by atoms with Crippen LogP contribution < -0.4 is 10.2 Å². The van der Waals surface area contributed by atoms with Gasteiger partial charge in [0, 0.05) is 11.4 Å². The number of amides is 1. The molecular weight excluding hydrogens is 260 g/mol. The van der Waals surface area contributed by atoms with E-state index in [4.69, 9.17) is 0 Å². The second kappa shape index (κ2) is 5.24. The molecule has 2 aromatic rings. The maximum atomic E-state index is 13.0. The Labute approximate surface area is 125 Å². The number of carbonyl (C=O) groups excluding carboxylic acids is 1. The van der Waals surface area contributed by atoms with Crippen molar-refractivity contribution >= 4 is 17.3 Å². The first-order chi connectivity index (χ1) is 10.1. The van der Waals surface area contributed by atoms with Crippen LogP contribution in [0.1, 0.15) is 29.8 Å². The minimum atomic E-state index is -0.0338. The normalized spacial score (nSPS) is 17.6. The van der Waals surface area contributed by atoms with Crippen LogP contribution in [-0.4, -0.2) is 12.1 Å². The molecule has 0 fully saturated rings. The highest BCUT2D eigenvalue weighted by Gasteiger charge is 2.34. The van der Waals surface area contributed by atoms with Crippen LogP contribution in [-0.2, 0) is 0 Å². The lowest BCUT2D eigenvalue weighted by Crippen LogP contribution is -2.52. The maximum Gasteiger partial charge on any atom is 0.262 e. The van der Waals surface area contributed by atoms with Gasteiger partial charge in [0.25, 0.3) is 5.91 Å². The van der Waals surface area contributed by atoms with Gasteiger partial charge in [0.2, 0.25) is 0 Å². The molecule has 21 heavy (non-hydrogen) atoms. The lowest BCUT2D eigenvalue weighted by molar-refractivity contribution is 0.0968. The van der Waals surface area contributed by atoms with E-state index in [1.807, 2.05) is 60.4 Å². The number of carbonyl (C=O) groups is 1. The van der Waals surface area contributed by atoms with Gasteiger partial charge in [0.1, 0.15) is 6.17 Å². The van der Waals surface area contributed by atoms with Crippen LogP contribution in [0.25, 0.3) is 0 Å². The van der Waals surface area contributed by atoms with Gasteiger partial charge in [-0.2, -0.15) is 0 Å². The summed E-state index contributed by atoms with van der Waals surface area (Å²) in [5.41, 5.74) is 3.74. The molecule has 1 atom stereocenters. The molecule has 3 heteroatoms. The molecule has 0 saturated heterocycles. The number of rotatable bonds is 2. The lowest BCUT2D eigenvalue weighted by atomic mass is 10.00. The second-order valence-corrected chi connectivity index (χ2v) is 5.84. The summed E-state index contributed by atoms with van der Waals surface area (Å²) >= 11 is 0. The van der Waals surface area contributed by atoms with Gasteiger partial charge in [0.15, 0.2) is 0 Å². The molecule has 108 valence electrons. The highest BCUT2D eigenvalue weighted by molar-refractivity contribution is 6.12. The third kappa shape index (κ3) is 2.29. The summed E-state index contributed by atoms with van der Waals surface area (Å²) in [6.45, 7) is 6.30. The molecule has 0 aliphatic carbocycles. The summed E-state index contributed by atoms with van der Waals surface area (Å²) in [5, 5.41) is 3.51. The van der Waals surface area contributed by atoms with Crippen LogP contribution in [0.5, 0.6) is 0 Å². The molecule has 0 radical (unpaired) electrons. The number of para-hydroxylation sites is 2. The van der Waals surface area contributed by atoms with E-state index in [1.54, 1.807) is 0 Å². The standard InChI is InChI=1S/C18H20N2O/c1-12(2)17-19-15-10-6-5-9-14(15)18(21)20(17)16-11-7-4-8-13(16)3/h4-12,17,19H,1-3H3. The zero-order chi connectivity index (χ0) is 15.0. The van der Waals surface area contributed by atoms with Crippen LogP contribution in [0.3, 0.4) is 0 Å². The van der Waals surface area contributed by atoms with Gasteiger partial charge in [-0.3, -0.25) is 9.69 Å². The molecule has 2 aromatic carbocycles. The van der Waals surface area contributed by atoms with E-state index in [-0.39, 0.29) is 12.1 Å². The fourth-order valence-corrected chi connectivity index (χ4v) is 2.83. The Morgan fingerprint density at radius 2 is 1.71 bits per heavy atom. The van der Waals surface area contributed by atoms with Gasteiger partial charge in [-0.1, -0.05) is 44.2 Å². The number of anilines is 2. The monoisotopic (exact) mass is 280 g/mol. The Hall–Kier alpha value is -2.29. The number of nitrogens with zero attached hydrogens (tertiary/aromatic N) is 1. The van der Waals surface area contributed by atoms with Gasteiger partial charge < -0.3 is 5.32 Å². The lowest BCUT2D eigenvalue weighted by Gasteiger charge is -2.40. The quantitative estimate of drug-likeness (QED) is 0.900. The Kier molecular flexibility index (Phi) is 3.42. The number of hydrogen-bond donors (Lipinski definition) is 1. The van der Waals surface area contributed by atoms with Crippen LogP contribution in [0.2, 0.25) is 0 Å². The predicted molar refractivity (Wildman–Crippen MR) is 86.7 cm³/mol. The number of nitrogens with one attached hydrogen (secondary N) is 1. The highest BCUT2D eigenvalue weighted by Crippen LogP contribution is 2.33. The van der Waals surface area contributed by atoms with Gasteiger partial charge in [0.05, 0.1) is 5.56 Å². The van der Waals surface area contributed by atoms with Gasteiger partial charge >= 0.3 is 0 Å². The number of aryl methyl sites for hydroxylation is 1. The molecule has 1 heterocycles. The Morgan fingerprint density at radius 1 is 1.05 bits per heavy atom. The highest BCUT2D eigenvalue weighted by atomic mass is 16.2. The van der Waals surface area contributed by atoms with Crippen molar-refractivity contribution in [2.75, 3.05) is 10.2 Å². The van der Waals surface area contributed by atoms with Crippen molar-refractivity contribution in [2.45, 2.75) is 26.9 Å². The minimum absolute atomic E-state index is 0.0338. The van der Waals surface area contributed by atoms with Gasteiger partial charge in [-0.25, -0.2) is 0 Å². The summed E-state index contributed by atoms with van der Waals surface area (Å²) in [7, 11) is 0. The van der Waals surface area contributed by atoms with E-state index in [1.165, 1.54) is 0 Å². The number of benzene rings is 2. The fraction of sp³-hybridized carbons (Fsp3) is 0.278. The van der Waals surface area contributed by atoms with Crippen LogP contribution in [0.15, 0.2) is 48.5 Å². The van der Waals surface area contributed by atoms with E-state index in [9.17, 15) is 4.79 Å². The fourth-order valence-electron chi connectivity index (χ4n) is 2.83. The van der Waals surface area contributed by atoms with E-state index in [0.29, 0.717) is 5.92 Å². The van der Waals surface area contributed by atoms with Gasteiger partial charge in [-0.15, -0.1) is 0 Å².